The summed E-state index contributed by atoms with van der Waals surface area (Å²) < 4.78 is 27.3. The molecule has 0 radical (unpaired) electrons. The molecule has 0 aromatic heterocycles. The third-order valence-electron chi connectivity index (χ3n) is 5.46. The average Bonchev–Trinajstić information content (AvgIpc) is 2.51. The van der Waals surface area contributed by atoms with Crippen LogP contribution in [0.15, 0.2) is 24.8 Å². The van der Waals surface area contributed by atoms with Crippen molar-refractivity contribution < 1.29 is 8.78 Å². The zero-order chi connectivity index (χ0) is 15.0. The Labute approximate surface area is 130 Å². The molecule has 21 heavy (non-hydrogen) atoms. The Bertz CT molecular complexity index is 517. The normalized spacial score (nSPS) is 32.5. The number of halogens is 3. The molecule has 3 rings (SSSR count). The van der Waals surface area contributed by atoms with E-state index in [0.29, 0.717) is 11.8 Å². The molecule has 1 aromatic carbocycles. The Morgan fingerprint density at radius 1 is 1.00 bits per heavy atom. The van der Waals surface area contributed by atoms with Crippen LogP contribution >= 0.6 is 11.6 Å². The fourth-order valence-corrected chi connectivity index (χ4v) is 4.36. The van der Waals surface area contributed by atoms with Crippen molar-refractivity contribution in [2.24, 2.45) is 17.8 Å². The molecule has 0 aliphatic heterocycles. The summed E-state index contributed by atoms with van der Waals surface area (Å²) in [5.74, 6) is 1.12. The van der Waals surface area contributed by atoms with Gasteiger partial charge in [-0.15, -0.1) is 6.58 Å². The van der Waals surface area contributed by atoms with E-state index in [0.717, 1.165) is 30.7 Å². The third kappa shape index (κ3) is 3.01. The van der Waals surface area contributed by atoms with Crippen molar-refractivity contribution in [1.82, 2.24) is 0 Å². The molecule has 0 amide bonds. The Balaban J connectivity index is 1.74. The van der Waals surface area contributed by atoms with Crippen LogP contribution < -0.4 is 0 Å². The molecule has 0 spiro atoms. The summed E-state index contributed by atoms with van der Waals surface area (Å²) in [6, 6.07) is 2.84. The van der Waals surface area contributed by atoms with E-state index in [4.69, 9.17) is 11.6 Å². The zero-order valence-electron chi connectivity index (χ0n) is 12.1. The van der Waals surface area contributed by atoms with E-state index >= 15 is 0 Å². The number of rotatable bonds is 2. The van der Waals surface area contributed by atoms with Gasteiger partial charge in [0.2, 0.25) is 0 Å². The lowest BCUT2D eigenvalue weighted by atomic mass is 9.64. The third-order valence-corrected chi connectivity index (χ3v) is 5.83. The van der Waals surface area contributed by atoms with Crippen LogP contribution in [0.4, 0.5) is 8.78 Å². The second-order valence-corrected chi connectivity index (χ2v) is 7.02. The van der Waals surface area contributed by atoms with Crippen LogP contribution in [-0.4, -0.2) is 0 Å². The molecule has 4 unspecified atom stereocenters. The monoisotopic (exact) mass is 310 g/mol. The zero-order valence-corrected chi connectivity index (χ0v) is 12.9. The molecule has 0 saturated heterocycles. The van der Waals surface area contributed by atoms with E-state index < -0.39 is 11.6 Å². The lowest BCUT2D eigenvalue weighted by Gasteiger charge is -2.41. The van der Waals surface area contributed by atoms with Gasteiger partial charge in [0, 0.05) is 0 Å². The predicted molar refractivity (Wildman–Crippen MR) is 82.5 cm³/mol. The first-order valence-electron chi connectivity index (χ1n) is 7.85. The molecule has 4 atom stereocenters. The Morgan fingerprint density at radius 2 is 1.62 bits per heavy atom. The summed E-state index contributed by atoms with van der Waals surface area (Å²) in [7, 11) is 0. The maximum Gasteiger partial charge on any atom is 0.145 e. The minimum Gasteiger partial charge on any atom is -0.205 e. The number of allylic oxidation sites excluding steroid dienone is 1. The molecule has 2 aliphatic carbocycles. The van der Waals surface area contributed by atoms with E-state index in [1.54, 1.807) is 0 Å². The molecule has 114 valence electrons. The van der Waals surface area contributed by atoms with Crippen LogP contribution in [0.3, 0.4) is 0 Å². The lowest BCUT2D eigenvalue weighted by molar-refractivity contribution is 0.133. The van der Waals surface area contributed by atoms with Crippen molar-refractivity contribution in [1.29, 1.82) is 0 Å². The Kier molecular flexibility index (Phi) is 4.35. The smallest absolute Gasteiger partial charge is 0.145 e. The standard InChI is InChI=1S/C18H21ClF2/c1-2-11-3-4-13-8-14(6-5-12(13)7-11)15-9-16(20)18(19)17(21)10-15/h2,9-14H,1,3-8H2. The molecule has 2 fully saturated rings. The average molecular weight is 311 g/mol. The second-order valence-electron chi connectivity index (χ2n) is 6.64. The van der Waals surface area contributed by atoms with Gasteiger partial charge in [0.1, 0.15) is 16.7 Å². The van der Waals surface area contributed by atoms with Crippen molar-refractivity contribution in [2.75, 3.05) is 0 Å². The van der Waals surface area contributed by atoms with Crippen LogP contribution in [0, 0.1) is 29.4 Å². The quantitative estimate of drug-likeness (QED) is 0.457. The molecular weight excluding hydrogens is 290 g/mol. The highest BCUT2D eigenvalue weighted by atomic mass is 35.5. The summed E-state index contributed by atoms with van der Waals surface area (Å²) in [5, 5.41) is -0.390. The van der Waals surface area contributed by atoms with Gasteiger partial charge in [0.15, 0.2) is 0 Å². The van der Waals surface area contributed by atoms with E-state index in [9.17, 15) is 8.78 Å². The Morgan fingerprint density at radius 3 is 2.29 bits per heavy atom. The number of benzene rings is 1. The highest BCUT2D eigenvalue weighted by Crippen LogP contribution is 2.48. The highest BCUT2D eigenvalue weighted by molar-refractivity contribution is 6.30. The van der Waals surface area contributed by atoms with E-state index in [2.05, 4.69) is 12.7 Å². The number of hydrogen-bond donors (Lipinski definition) is 0. The summed E-state index contributed by atoms with van der Waals surface area (Å²) >= 11 is 5.57. The van der Waals surface area contributed by atoms with Gasteiger partial charge < -0.3 is 0 Å². The molecule has 0 bridgehead atoms. The summed E-state index contributed by atoms with van der Waals surface area (Å²) in [6.45, 7) is 3.92. The first-order chi connectivity index (χ1) is 10.1. The molecular formula is C18H21ClF2. The van der Waals surface area contributed by atoms with Gasteiger partial charge in [-0.05, 0) is 79.9 Å². The van der Waals surface area contributed by atoms with Gasteiger partial charge in [-0.2, -0.15) is 0 Å². The second kappa shape index (κ2) is 6.08. The van der Waals surface area contributed by atoms with Crippen LogP contribution in [0.1, 0.15) is 50.0 Å². The van der Waals surface area contributed by atoms with Crippen LogP contribution in [0.25, 0.3) is 0 Å². The molecule has 2 saturated carbocycles. The van der Waals surface area contributed by atoms with Crippen molar-refractivity contribution in [3.63, 3.8) is 0 Å². The fourth-order valence-electron chi connectivity index (χ4n) is 4.25. The maximum atomic E-state index is 13.6. The predicted octanol–water partition coefficient (Wildman–Crippen LogP) is 6.10. The minimum atomic E-state index is -0.635. The maximum absolute atomic E-state index is 13.6. The van der Waals surface area contributed by atoms with Gasteiger partial charge >= 0.3 is 0 Å². The van der Waals surface area contributed by atoms with Gasteiger partial charge in [-0.1, -0.05) is 17.7 Å². The van der Waals surface area contributed by atoms with E-state index in [-0.39, 0.29) is 10.9 Å². The molecule has 0 heterocycles. The van der Waals surface area contributed by atoms with Crippen molar-refractivity contribution >= 4 is 11.6 Å². The molecule has 2 aliphatic rings. The van der Waals surface area contributed by atoms with Crippen LogP contribution in [0.5, 0.6) is 0 Å². The van der Waals surface area contributed by atoms with Gasteiger partial charge in [0.25, 0.3) is 0 Å². The first kappa shape index (κ1) is 15.0. The molecule has 0 nitrogen and oxygen atoms in total. The lowest BCUT2D eigenvalue weighted by Crippen LogP contribution is -2.30. The van der Waals surface area contributed by atoms with Gasteiger partial charge in [-0.25, -0.2) is 8.78 Å². The van der Waals surface area contributed by atoms with Crippen LogP contribution in [-0.2, 0) is 0 Å². The van der Waals surface area contributed by atoms with Crippen molar-refractivity contribution in [3.8, 4) is 0 Å². The topological polar surface area (TPSA) is 0 Å². The van der Waals surface area contributed by atoms with Crippen LogP contribution in [0.2, 0.25) is 5.02 Å². The van der Waals surface area contributed by atoms with Gasteiger partial charge in [0.05, 0.1) is 0 Å². The van der Waals surface area contributed by atoms with E-state index in [1.807, 2.05) is 0 Å². The highest BCUT2D eigenvalue weighted by Gasteiger charge is 2.35. The van der Waals surface area contributed by atoms with Gasteiger partial charge in [-0.3, -0.25) is 0 Å². The molecule has 3 heteroatoms. The molecule has 1 aromatic rings. The van der Waals surface area contributed by atoms with E-state index in [1.165, 1.54) is 31.4 Å². The summed E-state index contributed by atoms with van der Waals surface area (Å²) in [5.41, 5.74) is 0.777. The largest absolute Gasteiger partial charge is 0.205 e. The fraction of sp³-hybridized carbons (Fsp3) is 0.556. The molecule has 0 N–H and O–H groups in total. The SMILES string of the molecule is C=CC1CCC2CC(c3cc(F)c(Cl)c(F)c3)CCC2C1. The Hall–Kier alpha value is -0.890. The first-order valence-corrected chi connectivity index (χ1v) is 8.23. The summed E-state index contributed by atoms with van der Waals surface area (Å²) in [6.07, 6.45) is 8.99. The number of hydrogen-bond acceptors (Lipinski definition) is 0. The van der Waals surface area contributed by atoms with Crippen molar-refractivity contribution in [2.45, 2.75) is 44.4 Å². The minimum absolute atomic E-state index is 0.271. The summed E-state index contributed by atoms with van der Waals surface area (Å²) in [4.78, 5) is 0. The number of fused-ring (bicyclic) bond motifs is 1. The van der Waals surface area contributed by atoms with Crippen molar-refractivity contribution in [3.05, 3.63) is 47.0 Å².